The molecule has 0 amide bonds. The highest BCUT2D eigenvalue weighted by molar-refractivity contribution is 5.75. The van der Waals surface area contributed by atoms with E-state index in [1.165, 1.54) is 0 Å². The molecule has 0 saturated carbocycles. The fourth-order valence-electron chi connectivity index (χ4n) is 1.45. The molecule has 0 bridgehead atoms. The number of hydrogen-bond acceptors (Lipinski definition) is 3. The number of rotatable bonds is 2. The summed E-state index contributed by atoms with van der Waals surface area (Å²) in [6.45, 7) is 5.94. The topological polar surface area (TPSA) is 81.1 Å². The number of aryl methyl sites for hydroxylation is 1. The number of nitrogens with two attached hydrogens (primary N) is 1. The maximum atomic E-state index is 10.8. The Hall–Kier alpha value is -1.36. The molecular weight excluding hydrogens is 194 g/mol. The van der Waals surface area contributed by atoms with E-state index in [4.69, 9.17) is 10.8 Å². The van der Waals surface area contributed by atoms with Crippen LogP contribution >= 0.6 is 0 Å². The van der Waals surface area contributed by atoms with Crippen LogP contribution in [-0.4, -0.2) is 20.9 Å². The molecule has 0 saturated heterocycles. The van der Waals surface area contributed by atoms with Crippen molar-refractivity contribution in [3.8, 4) is 0 Å². The Balaban J connectivity index is 3.24. The van der Waals surface area contributed by atoms with Crippen LogP contribution in [0, 0.1) is 0 Å². The summed E-state index contributed by atoms with van der Waals surface area (Å²) in [7, 11) is 1.76. The van der Waals surface area contributed by atoms with Crippen LogP contribution in [-0.2, 0) is 17.3 Å². The summed E-state index contributed by atoms with van der Waals surface area (Å²) in [5, 5.41) is 13.1. The van der Waals surface area contributed by atoms with Gasteiger partial charge in [-0.25, -0.2) is 0 Å². The maximum absolute atomic E-state index is 10.8. The highest BCUT2D eigenvalue weighted by Gasteiger charge is 2.27. The number of nitrogens with zero attached hydrogens (tertiary/aromatic N) is 2. The van der Waals surface area contributed by atoms with Crippen molar-refractivity contribution in [2.45, 2.75) is 32.2 Å². The SMILES string of the molecule is Cn1cc(C(N)C(=O)O)c(C(C)(C)C)n1. The van der Waals surface area contributed by atoms with E-state index in [1.807, 2.05) is 20.8 Å². The highest BCUT2D eigenvalue weighted by Crippen LogP contribution is 2.27. The smallest absolute Gasteiger partial charge is 0.325 e. The van der Waals surface area contributed by atoms with Crippen LogP contribution in [0.1, 0.15) is 38.1 Å². The Bertz CT molecular complexity index is 377. The number of aromatic nitrogens is 2. The van der Waals surface area contributed by atoms with E-state index in [1.54, 1.807) is 17.9 Å². The Labute approximate surface area is 88.9 Å². The lowest BCUT2D eigenvalue weighted by molar-refractivity contribution is -0.138. The molecule has 0 aliphatic rings. The summed E-state index contributed by atoms with van der Waals surface area (Å²) < 4.78 is 1.60. The predicted octanol–water partition coefficient (Wildman–Crippen LogP) is 0.802. The van der Waals surface area contributed by atoms with Crippen LogP contribution in [0.5, 0.6) is 0 Å². The molecule has 0 spiro atoms. The molecule has 1 rings (SSSR count). The minimum absolute atomic E-state index is 0.205. The average Bonchev–Trinajstić information content (AvgIpc) is 2.44. The second kappa shape index (κ2) is 3.66. The van der Waals surface area contributed by atoms with E-state index < -0.39 is 12.0 Å². The first-order chi connectivity index (χ1) is 6.73. The molecule has 1 aromatic heterocycles. The Kier molecular flexibility index (Phi) is 2.86. The summed E-state index contributed by atoms with van der Waals surface area (Å²) in [6, 6.07) is -1.01. The van der Waals surface area contributed by atoms with Crippen molar-refractivity contribution in [1.29, 1.82) is 0 Å². The summed E-state index contributed by atoms with van der Waals surface area (Å²) >= 11 is 0. The van der Waals surface area contributed by atoms with Gasteiger partial charge < -0.3 is 10.8 Å². The number of hydrogen-bond donors (Lipinski definition) is 2. The van der Waals surface area contributed by atoms with E-state index in [2.05, 4.69) is 5.10 Å². The lowest BCUT2D eigenvalue weighted by atomic mass is 9.88. The van der Waals surface area contributed by atoms with Crippen molar-refractivity contribution >= 4 is 5.97 Å². The molecule has 0 fully saturated rings. The summed E-state index contributed by atoms with van der Waals surface area (Å²) in [5.41, 5.74) is 6.71. The molecule has 1 atom stereocenters. The monoisotopic (exact) mass is 211 g/mol. The van der Waals surface area contributed by atoms with Crippen molar-refractivity contribution in [2.24, 2.45) is 12.8 Å². The van der Waals surface area contributed by atoms with Gasteiger partial charge in [-0.05, 0) is 0 Å². The van der Waals surface area contributed by atoms with Crippen LogP contribution in [0.4, 0.5) is 0 Å². The van der Waals surface area contributed by atoms with E-state index in [9.17, 15) is 4.79 Å². The van der Waals surface area contributed by atoms with Crippen LogP contribution in [0.15, 0.2) is 6.20 Å². The van der Waals surface area contributed by atoms with Gasteiger partial charge in [0.15, 0.2) is 0 Å². The third-order valence-electron chi connectivity index (χ3n) is 2.17. The van der Waals surface area contributed by atoms with Crippen LogP contribution in [0.25, 0.3) is 0 Å². The van der Waals surface area contributed by atoms with Gasteiger partial charge in [-0.3, -0.25) is 9.48 Å². The molecule has 0 aliphatic heterocycles. The molecule has 1 unspecified atom stereocenters. The Morgan fingerprint density at radius 3 is 2.53 bits per heavy atom. The second-order valence-corrected chi connectivity index (χ2v) is 4.67. The van der Waals surface area contributed by atoms with Gasteiger partial charge in [-0.1, -0.05) is 20.8 Å². The van der Waals surface area contributed by atoms with Crippen molar-refractivity contribution in [1.82, 2.24) is 9.78 Å². The molecule has 0 radical (unpaired) electrons. The van der Waals surface area contributed by atoms with Gasteiger partial charge in [0.2, 0.25) is 0 Å². The first kappa shape index (κ1) is 11.7. The third kappa shape index (κ3) is 2.36. The largest absolute Gasteiger partial charge is 0.480 e. The van der Waals surface area contributed by atoms with Gasteiger partial charge in [0, 0.05) is 24.2 Å². The molecule has 3 N–H and O–H groups in total. The van der Waals surface area contributed by atoms with Crippen molar-refractivity contribution < 1.29 is 9.90 Å². The van der Waals surface area contributed by atoms with Crippen LogP contribution in [0.3, 0.4) is 0 Å². The minimum atomic E-state index is -1.03. The second-order valence-electron chi connectivity index (χ2n) is 4.67. The zero-order valence-electron chi connectivity index (χ0n) is 9.48. The molecule has 84 valence electrons. The predicted molar refractivity (Wildman–Crippen MR) is 56.5 cm³/mol. The van der Waals surface area contributed by atoms with Gasteiger partial charge >= 0.3 is 5.97 Å². The van der Waals surface area contributed by atoms with E-state index >= 15 is 0 Å². The van der Waals surface area contributed by atoms with Crippen molar-refractivity contribution in [3.63, 3.8) is 0 Å². The average molecular weight is 211 g/mol. The Morgan fingerprint density at radius 2 is 2.13 bits per heavy atom. The standard InChI is InChI=1S/C10H17N3O2/c1-10(2,3)8-6(5-13(4)12-8)7(11)9(14)15/h5,7H,11H2,1-4H3,(H,14,15). The minimum Gasteiger partial charge on any atom is -0.480 e. The van der Waals surface area contributed by atoms with Gasteiger partial charge in [0.05, 0.1) is 5.69 Å². The van der Waals surface area contributed by atoms with E-state index in [0.29, 0.717) is 5.56 Å². The highest BCUT2D eigenvalue weighted by atomic mass is 16.4. The summed E-state index contributed by atoms with van der Waals surface area (Å²) in [5.74, 6) is -1.03. The van der Waals surface area contributed by atoms with Crippen LogP contribution < -0.4 is 5.73 Å². The molecule has 1 heterocycles. The fourth-order valence-corrected chi connectivity index (χ4v) is 1.45. The zero-order chi connectivity index (χ0) is 11.8. The lowest BCUT2D eigenvalue weighted by Crippen LogP contribution is -2.24. The molecular formula is C10H17N3O2. The van der Waals surface area contributed by atoms with Crippen molar-refractivity contribution in [2.75, 3.05) is 0 Å². The molecule has 0 aromatic carbocycles. The fraction of sp³-hybridized carbons (Fsp3) is 0.600. The van der Waals surface area contributed by atoms with Crippen molar-refractivity contribution in [3.05, 3.63) is 17.5 Å². The number of carboxylic acid groups (broad SMARTS) is 1. The van der Waals surface area contributed by atoms with E-state index in [-0.39, 0.29) is 5.41 Å². The summed E-state index contributed by atoms with van der Waals surface area (Å²) in [4.78, 5) is 10.8. The van der Waals surface area contributed by atoms with Gasteiger partial charge in [0.25, 0.3) is 0 Å². The number of carboxylic acids is 1. The molecule has 15 heavy (non-hydrogen) atoms. The molecule has 5 nitrogen and oxygen atoms in total. The first-order valence-electron chi connectivity index (χ1n) is 4.76. The van der Waals surface area contributed by atoms with Gasteiger partial charge in [-0.2, -0.15) is 5.10 Å². The normalized spacial score (nSPS) is 13.9. The van der Waals surface area contributed by atoms with Gasteiger partial charge in [-0.15, -0.1) is 0 Å². The Morgan fingerprint density at radius 1 is 1.60 bits per heavy atom. The quantitative estimate of drug-likeness (QED) is 0.758. The van der Waals surface area contributed by atoms with Gasteiger partial charge in [0.1, 0.15) is 6.04 Å². The molecule has 5 heteroatoms. The number of carbonyl (C=O) groups is 1. The van der Waals surface area contributed by atoms with E-state index in [0.717, 1.165) is 5.69 Å². The summed E-state index contributed by atoms with van der Waals surface area (Å²) in [6.07, 6.45) is 1.67. The van der Waals surface area contributed by atoms with Crippen LogP contribution in [0.2, 0.25) is 0 Å². The maximum Gasteiger partial charge on any atom is 0.325 e. The first-order valence-corrected chi connectivity index (χ1v) is 4.76. The third-order valence-corrected chi connectivity index (χ3v) is 2.17. The number of aliphatic carboxylic acids is 1. The lowest BCUT2D eigenvalue weighted by Gasteiger charge is -2.18. The molecule has 1 aromatic rings. The molecule has 0 aliphatic carbocycles. The zero-order valence-corrected chi connectivity index (χ0v) is 9.48.